The summed E-state index contributed by atoms with van der Waals surface area (Å²) in [6.07, 6.45) is 0. The summed E-state index contributed by atoms with van der Waals surface area (Å²) >= 11 is 0. The van der Waals surface area contributed by atoms with E-state index in [9.17, 15) is 14.4 Å². The molecule has 0 atom stereocenters. The molecule has 0 aromatic rings. The molecule has 5 heteroatoms. The average molecular weight is 141 g/mol. The van der Waals surface area contributed by atoms with Crippen molar-refractivity contribution in [1.29, 1.82) is 0 Å². The molecule has 54 valence electrons. The van der Waals surface area contributed by atoms with Crippen molar-refractivity contribution in [2.45, 2.75) is 13.8 Å². The second kappa shape index (κ2) is 4.82. The molecule has 0 fully saturated rings. The van der Waals surface area contributed by atoms with Crippen LogP contribution in [0.3, 0.4) is 0 Å². The first kappa shape index (κ1) is 11.7. The van der Waals surface area contributed by atoms with E-state index >= 15 is 0 Å². The van der Waals surface area contributed by atoms with Crippen LogP contribution in [0.2, 0.25) is 0 Å². The Kier molecular flexibility index (Phi) is 5.66. The summed E-state index contributed by atoms with van der Waals surface area (Å²) in [6.45, 7) is 2.09. The van der Waals surface area contributed by atoms with Crippen molar-refractivity contribution in [3.8, 4) is 0 Å². The van der Waals surface area contributed by atoms with E-state index in [1.807, 2.05) is 0 Å². The monoisotopic (exact) mass is 141 g/mol. The van der Waals surface area contributed by atoms with Crippen molar-refractivity contribution in [3.63, 3.8) is 0 Å². The topological polar surface area (TPSA) is 60.4 Å². The molecule has 0 aliphatic rings. The van der Waals surface area contributed by atoms with Crippen LogP contribution in [0.1, 0.15) is 16.7 Å². The first-order valence-corrected chi connectivity index (χ1v) is 2.27. The predicted molar refractivity (Wildman–Crippen MR) is 35.4 cm³/mol. The van der Waals surface area contributed by atoms with Crippen LogP contribution in [-0.4, -0.2) is 27.8 Å². The minimum atomic E-state index is -1.11. The molecule has 0 aliphatic carbocycles. The number of carbonyl (C=O) groups is 3. The molecule has 0 aliphatic heterocycles. The number of Topliss-reactive ketones (excluding diaryl/α,β-unsaturated/α-hetero) is 1. The van der Waals surface area contributed by atoms with Gasteiger partial charge in [0, 0.05) is 13.8 Å². The quantitative estimate of drug-likeness (QED) is 0.214. The summed E-state index contributed by atoms with van der Waals surface area (Å²) in [4.78, 5) is 30.2. The first-order chi connectivity index (χ1) is 4.04. The molecular formula is C5H8BeO4. The predicted octanol–water partition coefficient (Wildman–Crippen LogP) is -0.491. The summed E-state index contributed by atoms with van der Waals surface area (Å²) in [5.74, 6) is -2.65. The van der Waals surface area contributed by atoms with Crippen LogP contribution in [0.25, 0.3) is 0 Å². The average Bonchev–Trinajstić information content (AvgIpc) is 1.63. The Morgan fingerprint density at radius 1 is 1.20 bits per heavy atom. The number of rotatable bonds is 1. The van der Waals surface area contributed by atoms with E-state index in [1.54, 1.807) is 0 Å². The third kappa shape index (κ3) is 5.12. The number of hydrogen-bond acceptors (Lipinski definition) is 4. The molecule has 0 bridgehead atoms. The normalized spacial score (nSPS) is 7.40. The zero-order chi connectivity index (χ0) is 7.44. The maximum atomic E-state index is 10.2. The number of ether oxygens (including phenoxy) is 1. The Balaban J connectivity index is -0.000000107. The summed E-state index contributed by atoms with van der Waals surface area (Å²) in [5.41, 5.74) is 0. The first-order valence-electron chi connectivity index (χ1n) is 2.27. The summed E-state index contributed by atoms with van der Waals surface area (Å²) in [7, 11) is 0. The molecule has 0 saturated carbocycles. The fourth-order valence-corrected chi connectivity index (χ4v) is 0.202. The van der Waals surface area contributed by atoms with Crippen LogP contribution in [-0.2, 0) is 19.1 Å². The van der Waals surface area contributed by atoms with Crippen molar-refractivity contribution >= 4 is 27.8 Å². The van der Waals surface area contributed by atoms with Crippen molar-refractivity contribution in [2.24, 2.45) is 0 Å². The van der Waals surface area contributed by atoms with E-state index in [0.717, 1.165) is 13.8 Å². The van der Waals surface area contributed by atoms with Gasteiger partial charge < -0.3 is 7.59 Å². The van der Waals surface area contributed by atoms with Gasteiger partial charge in [0.15, 0.2) is 0 Å². The van der Waals surface area contributed by atoms with Crippen LogP contribution < -0.4 is 0 Å². The van der Waals surface area contributed by atoms with Crippen LogP contribution in [0.4, 0.5) is 0 Å². The van der Waals surface area contributed by atoms with Crippen LogP contribution in [0.15, 0.2) is 0 Å². The maximum Gasteiger partial charge on any atom is 2.00 e. The van der Waals surface area contributed by atoms with Gasteiger partial charge in [0.1, 0.15) is 0 Å². The SMILES string of the molecule is CC(=O)OC(=O)C(C)=O.[Be+2].[H-].[H-]. The van der Waals surface area contributed by atoms with Crippen LogP contribution >= 0.6 is 0 Å². The van der Waals surface area contributed by atoms with Gasteiger partial charge in [-0.25, -0.2) is 4.79 Å². The molecule has 0 heterocycles. The van der Waals surface area contributed by atoms with E-state index in [2.05, 4.69) is 4.74 Å². The molecule has 0 amide bonds. The minimum Gasteiger partial charge on any atom is -1.00 e. The molecule has 0 saturated heterocycles. The van der Waals surface area contributed by atoms with Gasteiger partial charge in [-0.05, 0) is 0 Å². The van der Waals surface area contributed by atoms with E-state index in [4.69, 9.17) is 0 Å². The third-order valence-electron chi connectivity index (χ3n) is 0.524. The number of ketones is 1. The largest absolute Gasteiger partial charge is 2.00 e. The summed E-state index contributed by atoms with van der Waals surface area (Å²) < 4.78 is 3.88. The van der Waals surface area contributed by atoms with Crippen LogP contribution in [0.5, 0.6) is 0 Å². The van der Waals surface area contributed by atoms with Gasteiger partial charge in [0.25, 0.3) is 0 Å². The van der Waals surface area contributed by atoms with Gasteiger partial charge >= 0.3 is 22.1 Å². The van der Waals surface area contributed by atoms with Crippen molar-refractivity contribution < 1.29 is 22.0 Å². The van der Waals surface area contributed by atoms with Gasteiger partial charge in [-0.15, -0.1) is 0 Å². The summed E-state index contributed by atoms with van der Waals surface area (Å²) in [6, 6.07) is 0. The minimum absolute atomic E-state index is 0. The van der Waals surface area contributed by atoms with Crippen molar-refractivity contribution in [3.05, 3.63) is 0 Å². The molecule has 4 nitrogen and oxygen atoms in total. The number of hydrogen-bond donors (Lipinski definition) is 0. The molecule has 0 radical (unpaired) electrons. The second-order valence-corrected chi connectivity index (χ2v) is 1.44. The fourth-order valence-electron chi connectivity index (χ4n) is 0.202. The molecule has 0 rings (SSSR count). The smallest absolute Gasteiger partial charge is 1.00 e. The molecule has 10 heavy (non-hydrogen) atoms. The van der Waals surface area contributed by atoms with E-state index in [-0.39, 0.29) is 13.0 Å². The zero-order valence-corrected chi connectivity index (χ0v) is 5.84. The maximum absolute atomic E-state index is 10.2. The third-order valence-corrected chi connectivity index (χ3v) is 0.524. The fraction of sp³-hybridized carbons (Fsp3) is 0.400. The van der Waals surface area contributed by atoms with Crippen LogP contribution in [0, 0.1) is 0 Å². The Bertz CT molecular complexity index is 171. The molecular weight excluding hydrogens is 133 g/mol. The number of carbonyl (C=O) groups excluding carboxylic acids is 3. The zero-order valence-electron chi connectivity index (χ0n) is 7.84. The van der Waals surface area contributed by atoms with Gasteiger partial charge in [-0.3, -0.25) is 9.59 Å². The molecule has 0 unspecified atom stereocenters. The van der Waals surface area contributed by atoms with Gasteiger partial charge in [-0.1, -0.05) is 0 Å². The van der Waals surface area contributed by atoms with Crippen molar-refractivity contribution in [2.75, 3.05) is 0 Å². The summed E-state index contributed by atoms with van der Waals surface area (Å²) in [5, 5.41) is 0. The van der Waals surface area contributed by atoms with E-state index < -0.39 is 17.7 Å². The van der Waals surface area contributed by atoms with E-state index in [1.165, 1.54) is 0 Å². The van der Waals surface area contributed by atoms with Gasteiger partial charge in [0.2, 0.25) is 5.78 Å². The van der Waals surface area contributed by atoms with E-state index in [0.29, 0.717) is 0 Å². The molecule has 0 aromatic carbocycles. The Labute approximate surface area is 64.7 Å². The second-order valence-electron chi connectivity index (χ2n) is 1.44. The van der Waals surface area contributed by atoms with Crippen molar-refractivity contribution in [1.82, 2.24) is 0 Å². The standard InChI is InChI=1S/C5H6O4.Be.2H/c1-3(6)5(8)9-4(2)7;;;/h1-2H3;;;/q;+2;2*-1. The molecule has 0 spiro atoms. The van der Waals surface area contributed by atoms with Gasteiger partial charge in [-0.2, -0.15) is 0 Å². The Hall–Kier alpha value is -1.02. The Morgan fingerprint density at radius 3 is 1.70 bits per heavy atom. The molecule has 0 N–H and O–H groups in total. The number of esters is 2. The van der Waals surface area contributed by atoms with Gasteiger partial charge in [0.05, 0.1) is 0 Å². The molecule has 0 aromatic heterocycles. The Morgan fingerprint density at radius 2 is 1.60 bits per heavy atom.